The monoisotopic (exact) mass is 586 g/mol. The van der Waals surface area contributed by atoms with Crippen LogP contribution in [0.5, 0.6) is 0 Å². The van der Waals surface area contributed by atoms with Gasteiger partial charge in [0.25, 0.3) is 0 Å². The largest absolute Gasteiger partial charge is 0.379 e. The van der Waals surface area contributed by atoms with Crippen molar-refractivity contribution in [2.45, 2.75) is 114 Å². The fourth-order valence-electron chi connectivity index (χ4n) is 6.48. The van der Waals surface area contributed by atoms with Gasteiger partial charge in [0.1, 0.15) is 6.04 Å². The summed E-state index contributed by atoms with van der Waals surface area (Å²) in [5.41, 5.74) is 14.9. The molecule has 0 heterocycles. The van der Waals surface area contributed by atoms with Gasteiger partial charge in [0.2, 0.25) is 11.8 Å². The Hall–Kier alpha value is -2.22. The molecule has 0 saturated heterocycles. The van der Waals surface area contributed by atoms with Gasteiger partial charge in [-0.15, -0.1) is 0 Å². The number of carbonyl (C=O) groups excluding carboxylic acids is 2. The van der Waals surface area contributed by atoms with Gasteiger partial charge in [-0.1, -0.05) is 36.1 Å². The second kappa shape index (κ2) is 16.0. The molecule has 5 N–H and O–H groups in total. The highest BCUT2D eigenvalue weighted by atomic mass is 16.5. The highest BCUT2D eigenvalue weighted by Gasteiger charge is 2.37. The number of hydrogen-bond donors (Lipinski definition) is 3. The molecule has 1 atom stereocenters. The molecule has 0 bridgehead atoms. The average molecular weight is 587 g/mol. The molecule has 7 nitrogen and oxygen atoms in total. The van der Waals surface area contributed by atoms with Gasteiger partial charge in [-0.3, -0.25) is 9.59 Å². The number of amides is 2. The summed E-state index contributed by atoms with van der Waals surface area (Å²) in [4.78, 5) is 25.9. The Kier molecular flexibility index (Phi) is 13.7. The van der Waals surface area contributed by atoms with Gasteiger partial charge in [0.05, 0.1) is 26.4 Å². The van der Waals surface area contributed by atoms with Crippen LogP contribution in [-0.2, 0) is 19.1 Å². The van der Waals surface area contributed by atoms with Gasteiger partial charge in [-0.05, 0) is 110 Å². The van der Waals surface area contributed by atoms with Crippen LogP contribution in [0.25, 0.3) is 0 Å². The lowest BCUT2D eigenvalue weighted by Gasteiger charge is -2.29. The molecule has 0 fully saturated rings. The van der Waals surface area contributed by atoms with Gasteiger partial charge < -0.3 is 25.8 Å². The molecular weight excluding hydrogens is 526 g/mol. The summed E-state index contributed by atoms with van der Waals surface area (Å²) in [5, 5.41) is 5.96. The summed E-state index contributed by atoms with van der Waals surface area (Å²) >= 11 is 0. The van der Waals surface area contributed by atoms with Crippen molar-refractivity contribution < 1.29 is 24.8 Å². The lowest BCUT2D eigenvalue weighted by Crippen LogP contribution is -2.50. The smallest absolute Gasteiger partial charge is 0.242 e. The Bertz CT molecular complexity index is 1060. The molecule has 2 aliphatic rings. The van der Waals surface area contributed by atoms with Gasteiger partial charge in [0.15, 0.2) is 0 Å². The molecule has 0 aliphatic heterocycles. The van der Waals surface area contributed by atoms with Gasteiger partial charge in [-0.2, -0.15) is 0 Å². The van der Waals surface area contributed by atoms with Crippen molar-refractivity contribution >= 4 is 11.8 Å². The van der Waals surface area contributed by atoms with Crippen molar-refractivity contribution in [3.8, 4) is 0 Å². The number of quaternary nitrogens is 1. The van der Waals surface area contributed by atoms with E-state index in [0.29, 0.717) is 45.8 Å². The highest BCUT2D eigenvalue weighted by molar-refractivity contribution is 5.87. The number of ether oxygens (including phenoxy) is 2. The minimum absolute atomic E-state index is 0.0737. The summed E-state index contributed by atoms with van der Waals surface area (Å²) in [7, 11) is 0. The SMILES string of the molecule is CC1=C(C)C(C)(CCOCCOCCNC(=O)[C@H](CCCC[NH3+])NC(=O)CCC2(C)C(C)=C(C)C(C)=C2C)C(C)=C1C. The second-order valence-corrected chi connectivity index (χ2v) is 12.9. The third-order valence-corrected chi connectivity index (χ3v) is 10.8. The molecule has 0 aromatic carbocycles. The van der Waals surface area contributed by atoms with E-state index in [0.717, 1.165) is 32.2 Å². The summed E-state index contributed by atoms with van der Waals surface area (Å²) in [6.45, 7) is 25.4. The van der Waals surface area contributed by atoms with Crippen LogP contribution in [0.2, 0.25) is 0 Å². The van der Waals surface area contributed by atoms with Gasteiger partial charge >= 0.3 is 0 Å². The lowest BCUT2D eigenvalue weighted by atomic mass is 9.75. The van der Waals surface area contributed by atoms with E-state index in [1.54, 1.807) is 0 Å². The van der Waals surface area contributed by atoms with Crippen molar-refractivity contribution in [2.75, 3.05) is 39.5 Å². The van der Waals surface area contributed by atoms with E-state index >= 15 is 0 Å². The molecule has 0 saturated carbocycles. The minimum Gasteiger partial charge on any atom is -0.379 e. The first kappa shape index (κ1) is 36.0. The van der Waals surface area contributed by atoms with Crippen molar-refractivity contribution in [2.24, 2.45) is 10.8 Å². The first-order chi connectivity index (χ1) is 19.7. The number of nitrogens with one attached hydrogen (secondary N) is 2. The van der Waals surface area contributed by atoms with Gasteiger partial charge in [0, 0.05) is 30.4 Å². The van der Waals surface area contributed by atoms with Crippen molar-refractivity contribution in [3.63, 3.8) is 0 Å². The Morgan fingerprint density at radius 1 is 0.714 bits per heavy atom. The standard InChI is InChI=1S/C35H59N3O4/c1-23-24(2)28(6)34(9,27(23)5)15-14-32(39)38-31(13-11-12-17-36)33(40)37-18-20-42-22-21-41-19-16-35(10)29(7)25(3)26(4)30(35)8/h31H,11-22,36H2,1-10H3,(H,37,40)(H,38,39)/p+1/t31-/m0/s1. The molecule has 0 spiro atoms. The summed E-state index contributed by atoms with van der Waals surface area (Å²) < 4.78 is 11.6. The molecule has 0 radical (unpaired) electrons. The third-order valence-electron chi connectivity index (χ3n) is 10.8. The van der Waals surface area contributed by atoms with E-state index in [4.69, 9.17) is 9.47 Å². The van der Waals surface area contributed by atoms with Crippen molar-refractivity contribution in [3.05, 3.63) is 44.6 Å². The Morgan fingerprint density at radius 3 is 1.69 bits per heavy atom. The van der Waals surface area contributed by atoms with E-state index in [1.165, 1.54) is 44.6 Å². The van der Waals surface area contributed by atoms with Gasteiger partial charge in [-0.25, -0.2) is 0 Å². The maximum absolute atomic E-state index is 13.0. The highest BCUT2D eigenvalue weighted by Crippen LogP contribution is 2.49. The Balaban J connectivity index is 1.71. The zero-order chi connectivity index (χ0) is 31.7. The van der Waals surface area contributed by atoms with Crippen LogP contribution in [0.1, 0.15) is 108 Å². The van der Waals surface area contributed by atoms with Crippen LogP contribution in [0.15, 0.2) is 44.6 Å². The molecule has 238 valence electrons. The van der Waals surface area contributed by atoms with Crippen LogP contribution in [0.4, 0.5) is 0 Å². The molecule has 2 rings (SSSR count). The summed E-state index contributed by atoms with van der Waals surface area (Å²) in [5.74, 6) is -0.226. The van der Waals surface area contributed by atoms with Crippen LogP contribution in [0.3, 0.4) is 0 Å². The quantitative estimate of drug-likeness (QED) is 0.182. The second-order valence-electron chi connectivity index (χ2n) is 12.9. The summed E-state index contributed by atoms with van der Waals surface area (Å²) in [6, 6.07) is -0.542. The zero-order valence-electron chi connectivity index (χ0n) is 28.4. The zero-order valence-corrected chi connectivity index (χ0v) is 28.4. The van der Waals surface area contributed by atoms with E-state index in [9.17, 15) is 9.59 Å². The Labute approximate surface area is 255 Å². The van der Waals surface area contributed by atoms with Crippen molar-refractivity contribution in [1.29, 1.82) is 0 Å². The molecule has 0 unspecified atom stereocenters. The predicted molar refractivity (Wildman–Crippen MR) is 172 cm³/mol. The third kappa shape index (κ3) is 8.45. The summed E-state index contributed by atoms with van der Waals surface area (Å²) in [6.07, 6.45) is 4.46. The van der Waals surface area contributed by atoms with E-state index in [1.807, 2.05) is 0 Å². The molecule has 0 aromatic rings. The first-order valence-corrected chi connectivity index (χ1v) is 16.0. The topological polar surface area (TPSA) is 104 Å². The number of rotatable bonds is 18. The number of allylic oxidation sites excluding steroid dienone is 8. The number of unbranched alkanes of at least 4 members (excludes halogenated alkanes) is 1. The first-order valence-electron chi connectivity index (χ1n) is 16.0. The number of carbonyl (C=O) groups is 2. The van der Waals surface area contributed by atoms with Crippen LogP contribution >= 0.6 is 0 Å². The maximum atomic E-state index is 13.0. The fourth-order valence-corrected chi connectivity index (χ4v) is 6.48. The molecule has 0 aromatic heterocycles. The van der Waals surface area contributed by atoms with Crippen molar-refractivity contribution in [1.82, 2.24) is 10.6 Å². The van der Waals surface area contributed by atoms with Crippen LogP contribution in [0, 0.1) is 10.8 Å². The van der Waals surface area contributed by atoms with Crippen LogP contribution < -0.4 is 16.4 Å². The maximum Gasteiger partial charge on any atom is 0.242 e. The number of hydrogen-bond acceptors (Lipinski definition) is 4. The Morgan fingerprint density at radius 2 is 1.19 bits per heavy atom. The van der Waals surface area contributed by atoms with Crippen LogP contribution in [-0.4, -0.2) is 57.4 Å². The predicted octanol–water partition coefficient (Wildman–Crippen LogP) is 5.59. The minimum atomic E-state index is -0.542. The van der Waals surface area contributed by atoms with E-state index in [2.05, 4.69) is 85.6 Å². The normalized spacial score (nSPS) is 18.8. The fraction of sp³-hybridized carbons (Fsp3) is 0.714. The molecule has 2 amide bonds. The van der Waals surface area contributed by atoms with E-state index in [-0.39, 0.29) is 22.6 Å². The molecule has 2 aliphatic carbocycles. The molecular formula is C35H60N3O4+. The average Bonchev–Trinajstić information content (AvgIpc) is 3.21. The van der Waals surface area contributed by atoms with E-state index < -0.39 is 6.04 Å². The molecule has 7 heteroatoms. The molecule has 42 heavy (non-hydrogen) atoms. The lowest BCUT2D eigenvalue weighted by molar-refractivity contribution is -0.368.